The number of hydrogen-bond acceptors (Lipinski definition) is 6. The lowest BCUT2D eigenvalue weighted by molar-refractivity contribution is -0.177. The molecule has 6 heteroatoms. The minimum absolute atomic E-state index is 0.0699. The summed E-state index contributed by atoms with van der Waals surface area (Å²) in [5.74, 6) is -0.560. The van der Waals surface area contributed by atoms with Crippen molar-refractivity contribution >= 4 is 11.9 Å². The van der Waals surface area contributed by atoms with E-state index in [1.165, 1.54) is 5.57 Å². The van der Waals surface area contributed by atoms with Crippen molar-refractivity contribution in [2.75, 3.05) is 13.7 Å². The second-order valence-electron chi connectivity index (χ2n) is 8.65. The summed E-state index contributed by atoms with van der Waals surface area (Å²) in [6.07, 6.45) is 3.66. The molecule has 0 aromatic carbocycles. The molecule has 0 bridgehead atoms. The average molecular weight is 382 g/mol. The molecule has 5 atom stereocenters. The van der Waals surface area contributed by atoms with Crippen LogP contribution in [0, 0.1) is 11.3 Å². The normalized spacial score (nSPS) is 30.7. The van der Waals surface area contributed by atoms with Gasteiger partial charge in [0.25, 0.3) is 0 Å². The fourth-order valence-corrected chi connectivity index (χ4v) is 3.43. The van der Waals surface area contributed by atoms with E-state index < -0.39 is 24.1 Å². The van der Waals surface area contributed by atoms with Gasteiger partial charge in [-0.3, -0.25) is 0 Å². The third-order valence-corrected chi connectivity index (χ3v) is 5.60. The van der Waals surface area contributed by atoms with Crippen molar-refractivity contribution in [1.29, 1.82) is 0 Å². The summed E-state index contributed by atoms with van der Waals surface area (Å²) in [7, 11) is 1.68. The van der Waals surface area contributed by atoms with Gasteiger partial charge in [0, 0.05) is 13.5 Å². The zero-order chi connectivity index (χ0) is 20.2. The standard InChI is InChI=1S/C21H34O6/c1-13(21(3,4)5)11-15-7-8-16(18(12-15)24-6)26-14(2)19(22)27-17-9-10-25-20(17)23/h11,14-18H,7-10,12H2,1-6H3/b13-11+/t14?,15?,16?,17?,18-/m1/s1. The molecule has 2 rings (SSSR count). The molecule has 1 saturated carbocycles. The zero-order valence-electron chi connectivity index (χ0n) is 17.4. The Labute approximate surface area is 162 Å². The van der Waals surface area contributed by atoms with Gasteiger partial charge in [0.15, 0.2) is 6.10 Å². The molecule has 1 saturated heterocycles. The molecule has 154 valence electrons. The maximum atomic E-state index is 12.2. The van der Waals surface area contributed by atoms with Gasteiger partial charge in [-0.2, -0.15) is 0 Å². The number of carbonyl (C=O) groups excluding carboxylic acids is 2. The topological polar surface area (TPSA) is 71.1 Å². The highest BCUT2D eigenvalue weighted by atomic mass is 16.6. The Balaban J connectivity index is 1.89. The molecule has 0 spiro atoms. The highest BCUT2D eigenvalue weighted by molar-refractivity contribution is 5.82. The number of carbonyl (C=O) groups is 2. The third-order valence-electron chi connectivity index (χ3n) is 5.60. The molecule has 1 aliphatic heterocycles. The summed E-state index contributed by atoms with van der Waals surface area (Å²) in [4.78, 5) is 23.7. The van der Waals surface area contributed by atoms with Gasteiger partial charge >= 0.3 is 11.9 Å². The van der Waals surface area contributed by atoms with E-state index in [0.29, 0.717) is 18.9 Å². The highest BCUT2D eigenvalue weighted by Crippen LogP contribution is 2.34. The van der Waals surface area contributed by atoms with Crippen LogP contribution in [0.1, 0.15) is 60.3 Å². The van der Waals surface area contributed by atoms with E-state index in [4.69, 9.17) is 18.9 Å². The lowest BCUT2D eigenvalue weighted by atomic mass is 9.80. The number of ether oxygens (including phenoxy) is 4. The van der Waals surface area contributed by atoms with Gasteiger partial charge in [-0.05, 0) is 44.4 Å². The van der Waals surface area contributed by atoms with Gasteiger partial charge < -0.3 is 18.9 Å². The Bertz CT molecular complexity index is 562. The van der Waals surface area contributed by atoms with Crippen LogP contribution in [0.4, 0.5) is 0 Å². The van der Waals surface area contributed by atoms with Gasteiger partial charge in [0.1, 0.15) is 0 Å². The van der Waals surface area contributed by atoms with Crippen LogP contribution in [0.5, 0.6) is 0 Å². The van der Waals surface area contributed by atoms with Crippen LogP contribution in [-0.4, -0.2) is 50.1 Å². The number of cyclic esters (lactones) is 1. The summed E-state index contributed by atoms with van der Waals surface area (Å²) < 4.78 is 21.6. The predicted molar refractivity (Wildman–Crippen MR) is 101 cm³/mol. The minimum Gasteiger partial charge on any atom is -0.463 e. The minimum atomic E-state index is -0.803. The summed E-state index contributed by atoms with van der Waals surface area (Å²) in [6, 6.07) is 0. The van der Waals surface area contributed by atoms with E-state index in [-0.39, 0.29) is 17.6 Å². The van der Waals surface area contributed by atoms with Crippen molar-refractivity contribution in [3.8, 4) is 0 Å². The summed E-state index contributed by atoms with van der Waals surface area (Å²) >= 11 is 0. The van der Waals surface area contributed by atoms with E-state index in [9.17, 15) is 9.59 Å². The first-order valence-electron chi connectivity index (χ1n) is 9.86. The molecule has 27 heavy (non-hydrogen) atoms. The van der Waals surface area contributed by atoms with E-state index >= 15 is 0 Å². The number of methoxy groups -OCH3 is 1. The molecule has 2 fully saturated rings. The smallest absolute Gasteiger partial charge is 0.347 e. The van der Waals surface area contributed by atoms with E-state index in [0.717, 1.165) is 19.3 Å². The zero-order valence-corrected chi connectivity index (χ0v) is 17.4. The molecule has 1 aliphatic carbocycles. The van der Waals surface area contributed by atoms with Crippen LogP contribution < -0.4 is 0 Å². The Morgan fingerprint density at radius 2 is 1.93 bits per heavy atom. The van der Waals surface area contributed by atoms with Crippen LogP contribution in [0.25, 0.3) is 0 Å². The van der Waals surface area contributed by atoms with Crippen LogP contribution in [-0.2, 0) is 28.5 Å². The molecular formula is C21H34O6. The molecule has 0 N–H and O–H groups in total. The molecule has 4 unspecified atom stereocenters. The van der Waals surface area contributed by atoms with Crippen molar-refractivity contribution in [3.05, 3.63) is 11.6 Å². The molecule has 1 heterocycles. The molecule has 6 nitrogen and oxygen atoms in total. The second-order valence-corrected chi connectivity index (χ2v) is 8.65. The van der Waals surface area contributed by atoms with Crippen molar-refractivity contribution < 1.29 is 28.5 Å². The first-order valence-corrected chi connectivity index (χ1v) is 9.86. The van der Waals surface area contributed by atoms with Gasteiger partial charge in [-0.25, -0.2) is 9.59 Å². The average Bonchev–Trinajstić information content (AvgIpc) is 2.99. The van der Waals surface area contributed by atoms with Gasteiger partial charge in [0.2, 0.25) is 6.10 Å². The van der Waals surface area contributed by atoms with Gasteiger partial charge in [-0.1, -0.05) is 32.4 Å². The lowest BCUT2D eigenvalue weighted by Crippen LogP contribution is -2.41. The van der Waals surface area contributed by atoms with Crippen LogP contribution >= 0.6 is 0 Å². The van der Waals surface area contributed by atoms with Crippen molar-refractivity contribution in [3.63, 3.8) is 0 Å². The van der Waals surface area contributed by atoms with E-state index in [2.05, 4.69) is 33.8 Å². The van der Waals surface area contributed by atoms with Gasteiger partial charge in [0.05, 0.1) is 18.8 Å². The molecule has 0 radical (unpaired) electrons. The Kier molecular flexibility index (Phi) is 7.46. The summed E-state index contributed by atoms with van der Waals surface area (Å²) in [5.41, 5.74) is 1.54. The fraction of sp³-hybridized carbons (Fsp3) is 0.810. The van der Waals surface area contributed by atoms with Crippen molar-refractivity contribution in [2.24, 2.45) is 11.3 Å². The molecule has 0 amide bonds. The maximum Gasteiger partial charge on any atom is 0.347 e. The Hall–Kier alpha value is -1.40. The quantitative estimate of drug-likeness (QED) is 0.518. The largest absolute Gasteiger partial charge is 0.463 e. The summed E-state index contributed by atoms with van der Waals surface area (Å²) in [5, 5.41) is 0. The van der Waals surface area contributed by atoms with E-state index in [1.54, 1.807) is 14.0 Å². The molecule has 0 aromatic rings. The monoisotopic (exact) mass is 382 g/mol. The van der Waals surface area contributed by atoms with Crippen LogP contribution in [0.15, 0.2) is 11.6 Å². The first-order chi connectivity index (χ1) is 12.6. The maximum absolute atomic E-state index is 12.2. The molecule has 0 aromatic heterocycles. The van der Waals surface area contributed by atoms with E-state index in [1.807, 2.05) is 0 Å². The molecule has 2 aliphatic rings. The Morgan fingerprint density at radius 3 is 2.48 bits per heavy atom. The van der Waals surface area contributed by atoms with Crippen molar-refractivity contribution in [1.82, 2.24) is 0 Å². The molecular weight excluding hydrogens is 348 g/mol. The van der Waals surface area contributed by atoms with Crippen LogP contribution in [0.2, 0.25) is 0 Å². The number of esters is 2. The predicted octanol–water partition coefficient (Wildman–Crippen LogP) is 3.43. The lowest BCUT2D eigenvalue weighted by Gasteiger charge is -2.36. The number of allylic oxidation sites excluding steroid dienone is 2. The first kappa shape index (κ1) is 21.9. The van der Waals surface area contributed by atoms with Crippen LogP contribution in [0.3, 0.4) is 0 Å². The second kappa shape index (κ2) is 9.20. The van der Waals surface area contributed by atoms with Gasteiger partial charge in [-0.15, -0.1) is 0 Å². The third kappa shape index (κ3) is 6.04. The number of hydrogen-bond donors (Lipinski definition) is 0. The number of rotatable bonds is 6. The fourth-order valence-electron chi connectivity index (χ4n) is 3.43. The summed E-state index contributed by atoms with van der Waals surface area (Å²) in [6.45, 7) is 10.8. The SMILES string of the molecule is CO[C@@H]1CC(/C=C(\C)C(C)(C)C)CCC1OC(C)C(=O)OC1CCOC1=O. The Morgan fingerprint density at radius 1 is 1.22 bits per heavy atom. The highest BCUT2D eigenvalue weighted by Gasteiger charge is 2.36. The van der Waals surface area contributed by atoms with Crippen molar-refractivity contribution in [2.45, 2.75) is 84.7 Å².